The second-order valence-electron chi connectivity index (χ2n) is 7.66. The summed E-state index contributed by atoms with van der Waals surface area (Å²) in [4.78, 5) is 28.3. The number of carbonyl (C=O) groups excluding carboxylic acids is 2. The number of anilines is 1. The lowest BCUT2D eigenvalue weighted by atomic mass is 9.96. The van der Waals surface area contributed by atoms with E-state index in [2.05, 4.69) is 15.6 Å². The Morgan fingerprint density at radius 3 is 2.42 bits per heavy atom. The maximum atomic E-state index is 12.9. The van der Waals surface area contributed by atoms with Gasteiger partial charge in [0.1, 0.15) is 10.6 Å². The fraction of sp³-hybridized carbons (Fsp3) is 0.409. The number of imide groups is 1. The largest absolute Gasteiger partial charge is 0.497 e. The summed E-state index contributed by atoms with van der Waals surface area (Å²) in [5.41, 5.74) is 0.519. The topological polar surface area (TPSA) is 118 Å². The summed E-state index contributed by atoms with van der Waals surface area (Å²) in [6.07, 6.45) is 6.29. The zero-order chi connectivity index (χ0) is 23.8. The van der Waals surface area contributed by atoms with Gasteiger partial charge >= 0.3 is 6.03 Å². The highest BCUT2D eigenvalue weighted by Gasteiger charge is 2.29. The number of benzene rings is 1. The number of nitrogens with zero attached hydrogens (tertiary/aromatic N) is 2. The molecule has 0 saturated heterocycles. The zero-order valence-corrected chi connectivity index (χ0v) is 20.2. The van der Waals surface area contributed by atoms with Crippen molar-refractivity contribution in [2.45, 2.75) is 48.1 Å². The van der Waals surface area contributed by atoms with Crippen LogP contribution in [0.3, 0.4) is 0 Å². The summed E-state index contributed by atoms with van der Waals surface area (Å²) < 4.78 is 32.3. The van der Waals surface area contributed by atoms with Crippen molar-refractivity contribution in [1.82, 2.24) is 14.6 Å². The smallest absolute Gasteiger partial charge is 0.325 e. The molecule has 0 atom stereocenters. The van der Waals surface area contributed by atoms with Crippen molar-refractivity contribution in [3.63, 3.8) is 0 Å². The number of sulfonamides is 1. The molecular weight excluding hydrogens is 464 g/mol. The molecule has 178 valence electrons. The maximum Gasteiger partial charge on any atom is 0.325 e. The van der Waals surface area contributed by atoms with E-state index in [1.807, 2.05) is 0 Å². The van der Waals surface area contributed by atoms with Crippen LogP contribution in [-0.4, -0.2) is 55.6 Å². The first-order valence-corrected chi connectivity index (χ1v) is 13.0. The van der Waals surface area contributed by atoms with E-state index in [0.717, 1.165) is 43.9 Å². The second-order valence-corrected chi connectivity index (χ2v) is 10.7. The Labute approximate surface area is 198 Å². The number of amides is 3. The Hall–Kier alpha value is -2.63. The van der Waals surface area contributed by atoms with Gasteiger partial charge in [0, 0.05) is 25.0 Å². The quantitative estimate of drug-likeness (QED) is 0.542. The molecule has 0 unspecified atom stereocenters. The molecule has 3 amide bonds. The van der Waals surface area contributed by atoms with E-state index in [1.54, 1.807) is 44.5 Å². The Balaban J connectivity index is 1.49. The minimum atomic E-state index is -3.62. The molecule has 0 radical (unpaired) electrons. The van der Waals surface area contributed by atoms with Gasteiger partial charge < -0.3 is 10.1 Å². The van der Waals surface area contributed by atoms with Crippen LogP contribution in [0.1, 0.15) is 32.1 Å². The third kappa shape index (κ3) is 6.92. The van der Waals surface area contributed by atoms with Gasteiger partial charge in [0.25, 0.3) is 0 Å². The van der Waals surface area contributed by atoms with Crippen molar-refractivity contribution < 1.29 is 22.7 Å². The lowest BCUT2D eigenvalue weighted by Gasteiger charge is -2.30. The number of nitrogens with one attached hydrogen (secondary N) is 2. The van der Waals surface area contributed by atoms with Gasteiger partial charge in [-0.25, -0.2) is 18.2 Å². The van der Waals surface area contributed by atoms with Crippen molar-refractivity contribution in [2.75, 3.05) is 25.2 Å². The molecule has 0 spiro atoms. The summed E-state index contributed by atoms with van der Waals surface area (Å²) in [6.45, 7) is 0. The minimum absolute atomic E-state index is 0.0190. The van der Waals surface area contributed by atoms with Gasteiger partial charge in [0.15, 0.2) is 0 Å². The monoisotopic (exact) mass is 492 g/mol. The number of aromatic nitrogens is 1. The van der Waals surface area contributed by atoms with Gasteiger partial charge in [-0.2, -0.15) is 4.31 Å². The van der Waals surface area contributed by atoms with Crippen LogP contribution >= 0.6 is 11.8 Å². The van der Waals surface area contributed by atoms with Crippen LogP contribution in [0.2, 0.25) is 0 Å². The highest BCUT2D eigenvalue weighted by atomic mass is 32.2. The molecular formula is C22H28N4O5S2. The third-order valence-corrected chi connectivity index (χ3v) is 8.26. The number of carbonyl (C=O) groups is 2. The normalized spacial score (nSPS) is 14.6. The molecule has 0 bridgehead atoms. The van der Waals surface area contributed by atoms with Gasteiger partial charge in [-0.3, -0.25) is 10.1 Å². The first kappa shape index (κ1) is 25.0. The molecule has 1 aromatic heterocycles. The van der Waals surface area contributed by atoms with E-state index >= 15 is 0 Å². The van der Waals surface area contributed by atoms with E-state index in [-0.39, 0.29) is 16.7 Å². The first-order valence-electron chi connectivity index (χ1n) is 10.6. The molecule has 1 aromatic carbocycles. The number of hydrogen-bond donors (Lipinski definition) is 2. The molecule has 2 N–H and O–H groups in total. The number of thioether (sulfide) groups is 1. The van der Waals surface area contributed by atoms with Crippen molar-refractivity contribution in [2.24, 2.45) is 0 Å². The molecule has 3 rings (SSSR count). The number of hydrogen-bond acceptors (Lipinski definition) is 7. The van der Waals surface area contributed by atoms with Gasteiger partial charge in [0.05, 0.1) is 17.9 Å². The number of urea groups is 1. The summed E-state index contributed by atoms with van der Waals surface area (Å²) in [6, 6.07) is 9.13. The Kier molecular flexibility index (Phi) is 8.70. The fourth-order valence-corrected chi connectivity index (χ4v) is 5.56. The van der Waals surface area contributed by atoms with Gasteiger partial charge in [-0.15, -0.1) is 0 Å². The molecule has 9 nitrogen and oxygen atoms in total. The van der Waals surface area contributed by atoms with Crippen molar-refractivity contribution in [1.29, 1.82) is 0 Å². The van der Waals surface area contributed by atoms with Crippen LogP contribution in [0.15, 0.2) is 52.5 Å². The molecule has 1 heterocycles. The minimum Gasteiger partial charge on any atom is -0.497 e. The lowest BCUT2D eigenvalue weighted by molar-refractivity contribution is -0.117. The molecule has 0 aliphatic heterocycles. The van der Waals surface area contributed by atoms with Crippen LogP contribution < -0.4 is 15.4 Å². The van der Waals surface area contributed by atoms with E-state index in [0.29, 0.717) is 16.5 Å². The van der Waals surface area contributed by atoms with Crippen LogP contribution in [-0.2, 0) is 14.8 Å². The van der Waals surface area contributed by atoms with E-state index in [9.17, 15) is 18.0 Å². The van der Waals surface area contributed by atoms with E-state index < -0.39 is 22.0 Å². The molecule has 33 heavy (non-hydrogen) atoms. The number of pyridine rings is 1. The van der Waals surface area contributed by atoms with Crippen molar-refractivity contribution >= 4 is 39.4 Å². The SMILES string of the molecule is COc1ccc(NC(=O)NC(=O)CSc2ccc(S(=O)(=O)N(C)C3CCCCC3)cn2)cc1. The standard InChI is InChI=1S/C22H28N4O5S2/c1-26(17-6-4-3-5-7-17)33(29,30)19-12-13-21(23-14-19)32-15-20(27)25-22(28)24-16-8-10-18(31-2)11-9-16/h8-14,17H,3-7,15H2,1-2H3,(H2,24,25,27,28). The molecule has 11 heteroatoms. The maximum absolute atomic E-state index is 12.9. The molecule has 1 fully saturated rings. The predicted molar refractivity (Wildman–Crippen MR) is 127 cm³/mol. The average molecular weight is 493 g/mol. The van der Waals surface area contributed by atoms with Gasteiger partial charge in [0.2, 0.25) is 15.9 Å². The molecule has 1 saturated carbocycles. The van der Waals surface area contributed by atoms with Crippen molar-refractivity contribution in [3.8, 4) is 5.75 Å². The summed E-state index contributed by atoms with van der Waals surface area (Å²) in [5.74, 6) is 0.110. The van der Waals surface area contributed by atoms with Gasteiger partial charge in [-0.05, 0) is 49.2 Å². The van der Waals surface area contributed by atoms with Crippen molar-refractivity contribution in [3.05, 3.63) is 42.6 Å². The summed E-state index contributed by atoms with van der Waals surface area (Å²) in [7, 11) is -0.451. The first-order chi connectivity index (χ1) is 15.8. The Morgan fingerprint density at radius 2 is 1.82 bits per heavy atom. The van der Waals surface area contributed by atoms with Crippen LogP contribution in [0.25, 0.3) is 0 Å². The highest BCUT2D eigenvalue weighted by Crippen LogP contribution is 2.27. The number of ether oxygens (including phenoxy) is 1. The average Bonchev–Trinajstić information content (AvgIpc) is 2.83. The summed E-state index contributed by atoms with van der Waals surface area (Å²) in [5, 5.41) is 5.29. The molecule has 1 aliphatic carbocycles. The van der Waals surface area contributed by atoms with Gasteiger partial charge in [-0.1, -0.05) is 31.0 Å². The van der Waals surface area contributed by atoms with Crippen LogP contribution in [0.5, 0.6) is 5.75 Å². The Morgan fingerprint density at radius 1 is 1.12 bits per heavy atom. The lowest BCUT2D eigenvalue weighted by Crippen LogP contribution is -2.38. The number of methoxy groups -OCH3 is 1. The fourth-order valence-electron chi connectivity index (χ4n) is 3.55. The van der Waals surface area contributed by atoms with E-state index in [4.69, 9.17) is 4.74 Å². The number of rotatable bonds is 8. The molecule has 2 aromatic rings. The zero-order valence-electron chi connectivity index (χ0n) is 18.6. The predicted octanol–water partition coefficient (Wildman–Crippen LogP) is 3.48. The van der Waals surface area contributed by atoms with Crippen LogP contribution in [0, 0.1) is 0 Å². The Bertz CT molecular complexity index is 1050. The summed E-state index contributed by atoms with van der Waals surface area (Å²) >= 11 is 1.11. The highest BCUT2D eigenvalue weighted by molar-refractivity contribution is 7.99. The third-order valence-electron chi connectivity index (χ3n) is 5.43. The van der Waals surface area contributed by atoms with Crippen LogP contribution in [0.4, 0.5) is 10.5 Å². The molecule has 1 aliphatic rings. The van der Waals surface area contributed by atoms with E-state index in [1.165, 1.54) is 16.6 Å². The second kappa shape index (κ2) is 11.5.